The number of ether oxygens (including phenoxy) is 2. The van der Waals surface area contributed by atoms with Crippen LogP contribution in [0.3, 0.4) is 0 Å². The molecule has 5 nitrogen and oxygen atoms in total. The lowest BCUT2D eigenvalue weighted by Crippen LogP contribution is -2.02. The van der Waals surface area contributed by atoms with E-state index in [1.54, 1.807) is 12.1 Å². The maximum atomic E-state index is 10.6. The van der Waals surface area contributed by atoms with E-state index in [0.717, 1.165) is 37.2 Å². The monoisotopic (exact) mass is 269 g/mol. The Kier molecular flexibility index (Phi) is 3.34. The Balaban J connectivity index is 1.79. The third kappa shape index (κ3) is 3.52. The Morgan fingerprint density at radius 3 is 2.06 bits per heavy atom. The van der Waals surface area contributed by atoms with Crippen molar-refractivity contribution in [3.05, 3.63) is 29.3 Å². The highest BCUT2D eigenvalue weighted by molar-refractivity contribution is 7.74. The van der Waals surface area contributed by atoms with E-state index in [4.69, 9.17) is 13.7 Å². The van der Waals surface area contributed by atoms with Gasteiger partial charge < -0.3 is 18.2 Å². The van der Waals surface area contributed by atoms with Crippen LogP contribution in [0.15, 0.2) is 18.2 Å². The van der Waals surface area contributed by atoms with Crippen LogP contribution in [0.1, 0.15) is 11.1 Å². The van der Waals surface area contributed by atoms with E-state index in [-0.39, 0.29) is 12.2 Å². The number of epoxide rings is 2. The van der Waals surface area contributed by atoms with Gasteiger partial charge in [-0.2, -0.15) is 0 Å². The van der Waals surface area contributed by atoms with E-state index in [1.807, 2.05) is 0 Å². The first-order valence-corrected chi connectivity index (χ1v) is 6.83. The maximum Gasteiger partial charge on any atom is 0.139 e. The summed E-state index contributed by atoms with van der Waals surface area (Å²) in [5.41, 5.74) is 2.08. The van der Waals surface area contributed by atoms with Crippen LogP contribution in [0.2, 0.25) is 0 Å². The zero-order chi connectivity index (χ0) is 12.5. The first-order chi connectivity index (χ1) is 8.69. The summed E-state index contributed by atoms with van der Waals surface area (Å²) in [6.45, 7) is 1.55. The van der Waals surface area contributed by atoms with Gasteiger partial charge in [-0.1, -0.05) is 6.07 Å². The predicted molar refractivity (Wildman–Crippen MR) is 62.9 cm³/mol. The van der Waals surface area contributed by atoms with Gasteiger partial charge in [-0.25, -0.2) is 4.21 Å². The highest BCUT2D eigenvalue weighted by atomic mass is 32.2. The van der Waals surface area contributed by atoms with Crippen LogP contribution < -0.4 is 4.18 Å². The van der Waals surface area contributed by atoms with E-state index < -0.39 is 11.4 Å². The Morgan fingerprint density at radius 2 is 1.67 bits per heavy atom. The van der Waals surface area contributed by atoms with Crippen molar-refractivity contribution in [2.75, 3.05) is 13.2 Å². The molecule has 0 aromatic heterocycles. The Morgan fingerprint density at radius 1 is 1.17 bits per heavy atom. The van der Waals surface area contributed by atoms with Gasteiger partial charge in [0.25, 0.3) is 0 Å². The van der Waals surface area contributed by atoms with Crippen molar-refractivity contribution < 1.29 is 22.4 Å². The zero-order valence-electron chi connectivity index (χ0n) is 9.66. The molecule has 0 N–H and O–H groups in total. The Labute approximate surface area is 108 Å². The van der Waals surface area contributed by atoms with Crippen LogP contribution in [-0.2, 0) is 33.7 Å². The quantitative estimate of drug-likeness (QED) is 0.562. The molecule has 0 amide bonds. The lowest BCUT2D eigenvalue weighted by atomic mass is 10.0. The minimum atomic E-state index is -2.54. The second kappa shape index (κ2) is 4.97. The van der Waals surface area contributed by atoms with Crippen molar-refractivity contribution in [3.8, 4) is 5.75 Å². The van der Waals surface area contributed by atoms with Crippen LogP contribution in [-0.4, -0.2) is 34.2 Å². The van der Waals surface area contributed by atoms with E-state index in [2.05, 4.69) is 6.07 Å². The minimum absolute atomic E-state index is 0.267. The van der Waals surface area contributed by atoms with Crippen LogP contribution in [0.4, 0.5) is 0 Å². The average Bonchev–Trinajstić information content (AvgIpc) is 3.12. The molecule has 0 aliphatic carbocycles. The summed E-state index contributed by atoms with van der Waals surface area (Å²) in [5, 5.41) is 0. The molecule has 1 aromatic carbocycles. The molecule has 2 heterocycles. The van der Waals surface area contributed by atoms with Crippen molar-refractivity contribution in [2.45, 2.75) is 25.0 Å². The number of rotatable bonds is 6. The van der Waals surface area contributed by atoms with Crippen molar-refractivity contribution in [1.29, 1.82) is 0 Å². The molecule has 2 aliphatic rings. The maximum absolute atomic E-state index is 10.6. The third-order valence-corrected chi connectivity index (χ3v) is 3.25. The topological polar surface area (TPSA) is 74.4 Å². The Hall–Kier alpha value is -0.950. The number of hydrogen-bond acceptors (Lipinski definition) is 5. The van der Waals surface area contributed by atoms with Crippen molar-refractivity contribution in [2.24, 2.45) is 0 Å². The molecule has 2 aliphatic heterocycles. The lowest BCUT2D eigenvalue weighted by Gasteiger charge is -2.11. The molecule has 2 saturated heterocycles. The van der Waals surface area contributed by atoms with Gasteiger partial charge in [0.15, 0.2) is 0 Å². The van der Waals surface area contributed by atoms with Gasteiger partial charge in [0.1, 0.15) is 17.1 Å². The summed E-state index contributed by atoms with van der Waals surface area (Å²) in [6, 6.07) is 5.55. The van der Waals surface area contributed by atoms with Gasteiger partial charge in [-0.15, -0.1) is 0 Å². The molecule has 3 unspecified atom stereocenters. The van der Waals surface area contributed by atoms with E-state index >= 15 is 0 Å². The molecule has 0 radical (unpaired) electrons. The summed E-state index contributed by atoms with van der Waals surface area (Å²) in [4.78, 5) is 0. The van der Waals surface area contributed by atoms with Gasteiger partial charge in [0.05, 0.1) is 25.4 Å². The molecule has 3 rings (SSSR count). The van der Waals surface area contributed by atoms with Crippen molar-refractivity contribution in [3.63, 3.8) is 0 Å². The summed E-state index contributed by atoms with van der Waals surface area (Å²) in [6.07, 6.45) is 2.12. The molecule has 2 fully saturated rings. The third-order valence-electron chi connectivity index (χ3n) is 2.92. The summed E-state index contributed by atoms with van der Waals surface area (Å²) in [5.74, 6) is 0.358. The van der Waals surface area contributed by atoms with Gasteiger partial charge in [0, 0.05) is 12.8 Å². The predicted octanol–water partition coefficient (Wildman–Crippen LogP) is 0.742. The minimum Gasteiger partial charge on any atom is -0.740 e. The van der Waals surface area contributed by atoms with E-state index in [0.29, 0.717) is 5.75 Å². The Bertz CT molecular complexity index is 435. The first kappa shape index (κ1) is 12.1. The van der Waals surface area contributed by atoms with Gasteiger partial charge >= 0.3 is 0 Å². The van der Waals surface area contributed by atoms with Crippen molar-refractivity contribution >= 4 is 11.4 Å². The van der Waals surface area contributed by atoms with Crippen LogP contribution in [0, 0.1) is 0 Å². The van der Waals surface area contributed by atoms with E-state index in [9.17, 15) is 8.76 Å². The largest absolute Gasteiger partial charge is 0.740 e. The standard InChI is InChI=1S/C12H14O5S/c13-18(14)17-10-2-8(4-11-6-15-11)1-9(3-10)5-12-7-16-12/h1-3,11-12H,4-7H2,(H,13,14)/p-1. The molecule has 6 heteroatoms. The molecular weight excluding hydrogens is 256 g/mol. The second-order valence-electron chi connectivity index (χ2n) is 4.59. The van der Waals surface area contributed by atoms with Crippen LogP contribution >= 0.6 is 0 Å². The zero-order valence-corrected chi connectivity index (χ0v) is 10.5. The smallest absolute Gasteiger partial charge is 0.139 e. The fourth-order valence-electron chi connectivity index (χ4n) is 1.99. The first-order valence-electron chi connectivity index (χ1n) is 5.83. The van der Waals surface area contributed by atoms with Crippen LogP contribution in [0.5, 0.6) is 5.75 Å². The SMILES string of the molecule is O=S([O-])Oc1cc(CC2CO2)cc(CC2CO2)c1. The molecule has 3 atom stereocenters. The van der Waals surface area contributed by atoms with E-state index in [1.165, 1.54) is 0 Å². The fraction of sp³-hybridized carbons (Fsp3) is 0.500. The molecule has 0 spiro atoms. The number of hydrogen-bond donors (Lipinski definition) is 0. The van der Waals surface area contributed by atoms with Crippen molar-refractivity contribution in [1.82, 2.24) is 0 Å². The molecule has 98 valence electrons. The normalized spacial score (nSPS) is 26.7. The van der Waals surface area contributed by atoms with Gasteiger partial charge in [0.2, 0.25) is 0 Å². The summed E-state index contributed by atoms with van der Waals surface area (Å²) >= 11 is -2.54. The van der Waals surface area contributed by atoms with Gasteiger partial charge in [-0.05, 0) is 23.3 Å². The van der Waals surface area contributed by atoms with Gasteiger partial charge in [-0.3, -0.25) is 0 Å². The molecule has 0 saturated carbocycles. The summed E-state index contributed by atoms with van der Waals surface area (Å²) in [7, 11) is 0. The lowest BCUT2D eigenvalue weighted by molar-refractivity contribution is 0.405. The molecular formula is C12H13O5S-. The molecule has 1 aromatic rings. The number of benzene rings is 1. The highest BCUT2D eigenvalue weighted by Crippen LogP contribution is 2.25. The summed E-state index contributed by atoms with van der Waals surface area (Å²) < 4.78 is 36.3. The van der Waals surface area contributed by atoms with Crippen LogP contribution in [0.25, 0.3) is 0 Å². The molecule has 18 heavy (non-hydrogen) atoms. The second-order valence-corrected chi connectivity index (χ2v) is 5.17. The fourth-order valence-corrected chi connectivity index (χ4v) is 2.24. The molecule has 0 bridgehead atoms. The highest BCUT2D eigenvalue weighted by Gasteiger charge is 2.25. The average molecular weight is 269 g/mol.